The average molecular weight is 203 g/mol. The van der Waals surface area contributed by atoms with Crippen LogP contribution >= 0.6 is 0 Å². The van der Waals surface area contributed by atoms with Gasteiger partial charge in [0.1, 0.15) is 0 Å². The molecule has 4 heteroatoms. The first-order chi connectivity index (χ1) is 6.86. The lowest BCUT2D eigenvalue weighted by atomic mass is 10.1. The van der Waals surface area contributed by atoms with Gasteiger partial charge in [-0.3, -0.25) is 0 Å². The summed E-state index contributed by atoms with van der Waals surface area (Å²) in [5.41, 5.74) is 0. The maximum Gasteiger partial charge on any atom is 0.0645 e. The second-order valence-corrected chi connectivity index (χ2v) is 3.59. The number of hydrogen-bond donors (Lipinski definition) is 1. The Balaban J connectivity index is 2.10. The third-order valence-corrected chi connectivity index (χ3v) is 2.48. The van der Waals surface area contributed by atoms with Crippen LogP contribution < -0.4 is 5.32 Å². The first-order valence-electron chi connectivity index (χ1n) is 5.22. The van der Waals surface area contributed by atoms with Crippen LogP contribution in [0.3, 0.4) is 0 Å². The second-order valence-electron chi connectivity index (χ2n) is 3.59. The fourth-order valence-corrected chi connectivity index (χ4v) is 1.51. The van der Waals surface area contributed by atoms with Crippen LogP contribution in [0.5, 0.6) is 0 Å². The molecule has 1 atom stereocenters. The minimum Gasteiger partial charge on any atom is -0.383 e. The van der Waals surface area contributed by atoms with Crippen molar-refractivity contribution in [1.82, 2.24) is 5.32 Å². The van der Waals surface area contributed by atoms with E-state index in [4.69, 9.17) is 14.2 Å². The van der Waals surface area contributed by atoms with Crippen molar-refractivity contribution < 1.29 is 14.2 Å². The van der Waals surface area contributed by atoms with Gasteiger partial charge in [-0.05, 0) is 19.9 Å². The fraction of sp³-hybridized carbons (Fsp3) is 1.00. The van der Waals surface area contributed by atoms with E-state index in [1.54, 1.807) is 7.11 Å². The molecule has 1 rings (SSSR count). The van der Waals surface area contributed by atoms with Crippen LogP contribution in [0.2, 0.25) is 0 Å². The molecule has 1 aliphatic rings. The number of methoxy groups -OCH3 is 1. The molecule has 0 radical (unpaired) electrons. The zero-order valence-corrected chi connectivity index (χ0v) is 9.12. The van der Waals surface area contributed by atoms with E-state index < -0.39 is 0 Å². The van der Waals surface area contributed by atoms with Gasteiger partial charge in [-0.1, -0.05) is 0 Å². The van der Waals surface area contributed by atoms with Crippen LogP contribution in [0.15, 0.2) is 0 Å². The number of hydrogen-bond acceptors (Lipinski definition) is 4. The van der Waals surface area contributed by atoms with E-state index in [1.807, 2.05) is 7.05 Å². The van der Waals surface area contributed by atoms with E-state index >= 15 is 0 Å². The van der Waals surface area contributed by atoms with E-state index in [9.17, 15) is 0 Å². The summed E-state index contributed by atoms with van der Waals surface area (Å²) in [7, 11) is 3.63. The Morgan fingerprint density at radius 3 is 2.64 bits per heavy atom. The number of nitrogens with one attached hydrogen (secondary N) is 1. The smallest absolute Gasteiger partial charge is 0.0645 e. The first-order valence-corrected chi connectivity index (χ1v) is 5.22. The SMILES string of the molecule is CNC(COC)COC1CCOCC1. The van der Waals surface area contributed by atoms with E-state index in [1.165, 1.54) is 0 Å². The molecule has 1 fully saturated rings. The Morgan fingerprint density at radius 1 is 1.36 bits per heavy atom. The molecule has 0 aliphatic carbocycles. The summed E-state index contributed by atoms with van der Waals surface area (Å²) in [5, 5.41) is 3.16. The highest BCUT2D eigenvalue weighted by Gasteiger charge is 2.15. The van der Waals surface area contributed by atoms with Crippen LogP contribution in [-0.4, -0.2) is 52.7 Å². The van der Waals surface area contributed by atoms with E-state index in [-0.39, 0.29) is 0 Å². The predicted molar refractivity (Wildman–Crippen MR) is 54.5 cm³/mol. The molecule has 4 nitrogen and oxygen atoms in total. The van der Waals surface area contributed by atoms with Crippen molar-refractivity contribution in [3.8, 4) is 0 Å². The van der Waals surface area contributed by atoms with Crippen molar-refractivity contribution in [2.75, 3.05) is 40.6 Å². The lowest BCUT2D eigenvalue weighted by molar-refractivity contribution is -0.0427. The van der Waals surface area contributed by atoms with Crippen molar-refractivity contribution in [1.29, 1.82) is 0 Å². The zero-order chi connectivity index (χ0) is 10.2. The van der Waals surface area contributed by atoms with Gasteiger partial charge >= 0.3 is 0 Å². The molecule has 1 saturated heterocycles. The quantitative estimate of drug-likeness (QED) is 0.679. The third-order valence-electron chi connectivity index (χ3n) is 2.48. The summed E-state index contributed by atoms with van der Waals surface area (Å²) in [5.74, 6) is 0. The summed E-state index contributed by atoms with van der Waals surface area (Å²) >= 11 is 0. The largest absolute Gasteiger partial charge is 0.383 e. The van der Waals surface area contributed by atoms with Crippen molar-refractivity contribution in [2.24, 2.45) is 0 Å². The Hall–Kier alpha value is -0.160. The van der Waals surface area contributed by atoms with Gasteiger partial charge in [0.05, 0.1) is 25.4 Å². The van der Waals surface area contributed by atoms with E-state index in [2.05, 4.69) is 5.32 Å². The Kier molecular flexibility index (Phi) is 6.10. The Morgan fingerprint density at radius 2 is 2.07 bits per heavy atom. The maximum absolute atomic E-state index is 5.77. The molecule has 0 aromatic heterocycles. The molecule has 0 spiro atoms. The van der Waals surface area contributed by atoms with Crippen LogP contribution in [0.1, 0.15) is 12.8 Å². The topological polar surface area (TPSA) is 39.7 Å². The van der Waals surface area contributed by atoms with Crippen molar-refractivity contribution in [3.63, 3.8) is 0 Å². The summed E-state index contributed by atoms with van der Waals surface area (Å²) in [6, 6.07) is 0.294. The number of rotatable bonds is 6. The highest BCUT2D eigenvalue weighted by atomic mass is 16.5. The summed E-state index contributed by atoms with van der Waals surface area (Å²) < 4.78 is 16.1. The molecular weight excluding hydrogens is 182 g/mol. The van der Waals surface area contributed by atoms with Gasteiger partial charge in [-0.25, -0.2) is 0 Å². The summed E-state index contributed by atoms with van der Waals surface area (Å²) in [6.07, 6.45) is 2.41. The fourth-order valence-electron chi connectivity index (χ4n) is 1.51. The van der Waals surface area contributed by atoms with E-state index in [0.29, 0.717) is 18.8 Å². The lowest BCUT2D eigenvalue weighted by Gasteiger charge is -2.24. The van der Waals surface area contributed by atoms with Crippen LogP contribution in [0.25, 0.3) is 0 Å². The highest BCUT2D eigenvalue weighted by Crippen LogP contribution is 2.10. The second kappa shape index (κ2) is 7.17. The predicted octanol–water partition coefficient (Wildman–Crippen LogP) is 0.416. The van der Waals surface area contributed by atoms with Crippen molar-refractivity contribution in [3.05, 3.63) is 0 Å². The normalized spacial score (nSPS) is 21.0. The first kappa shape index (κ1) is 11.9. The average Bonchev–Trinajstić information content (AvgIpc) is 2.25. The minimum atomic E-state index is 0.294. The van der Waals surface area contributed by atoms with Gasteiger partial charge in [0, 0.05) is 20.3 Å². The molecule has 84 valence electrons. The standard InChI is InChI=1S/C10H21NO3/c1-11-9(7-12-2)8-14-10-3-5-13-6-4-10/h9-11H,3-8H2,1-2H3. The van der Waals surface area contributed by atoms with Gasteiger partial charge in [-0.2, -0.15) is 0 Å². The van der Waals surface area contributed by atoms with Crippen molar-refractivity contribution in [2.45, 2.75) is 25.0 Å². The Labute approximate surface area is 85.9 Å². The molecule has 14 heavy (non-hydrogen) atoms. The number of ether oxygens (including phenoxy) is 3. The molecule has 0 saturated carbocycles. The van der Waals surface area contributed by atoms with Crippen LogP contribution in [0.4, 0.5) is 0 Å². The third kappa shape index (κ3) is 4.37. The molecular formula is C10H21NO3. The zero-order valence-electron chi connectivity index (χ0n) is 9.12. The van der Waals surface area contributed by atoms with Crippen LogP contribution in [-0.2, 0) is 14.2 Å². The van der Waals surface area contributed by atoms with Gasteiger partial charge in [0.2, 0.25) is 0 Å². The van der Waals surface area contributed by atoms with Crippen LogP contribution in [0, 0.1) is 0 Å². The van der Waals surface area contributed by atoms with Gasteiger partial charge in [0.25, 0.3) is 0 Å². The summed E-state index contributed by atoms with van der Waals surface area (Å²) in [6.45, 7) is 3.08. The molecule has 1 unspecified atom stereocenters. The van der Waals surface area contributed by atoms with Gasteiger partial charge in [-0.15, -0.1) is 0 Å². The molecule has 0 bridgehead atoms. The Bertz CT molecular complexity index is 133. The monoisotopic (exact) mass is 203 g/mol. The van der Waals surface area contributed by atoms with E-state index in [0.717, 1.165) is 32.7 Å². The highest BCUT2D eigenvalue weighted by molar-refractivity contribution is 4.67. The van der Waals surface area contributed by atoms with Gasteiger partial charge < -0.3 is 19.5 Å². The van der Waals surface area contributed by atoms with Gasteiger partial charge in [0.15, 0.2) is 0 Å². The molecule has 1 heterocycles. The lowest BCUT2D eigenvalue weighted by Crippen LogP contribution is -2.37. The number of likely N-dealkylation sites (N-methyl/N-ethyl adjacent to an activating group) is 1. The van der Waals surface area contributed by atoms with Crippen molar-refractivity contribution >= 4 is 0 Å². The molecule has 0 amide bonds. The molecule has 0 aromatic rings. The maximum atomic E-state index is 5.77. The molecule has 1 aliphatic heterocycles. The minimum absolute atomic E-state index is 0.294. The molecule has 1 N–H and O–H groups in total. The molecule has 0 aromatic carbocycles. The summed E-state index contributed by atoms with van der Waals surface area (Å²) in [4.78, 5) is 0.